The van der Waals surface area contributed by atoms with E-state index < -0.39 is 0 Å². The van der Waals surface area contributed by atoms with Crippen LogP contribution in [-0.4, -0.2) is 0 Å². The first kappa shape index (κ1) is 8.62. The van der Waals surface area contributed by atoms with E-state index in [0.717, 1.165) is 0 Å². The van der Waals surface area contributed by atoms with Crippen LogP contribution in [0.5, 0.6) is 0 Å². The fraction of sp³-hybridized carbons (Fsp3) is 0.500. The van der Waals surface area contributed by atoms with Crippen molar-refractivity contribution in [1.82, 2.24) is 0 Å². The lowest BCUT2D eigenvalue weighted by atomic mass is 10.0. The van der Waals surface area contributed by atoms with Crippen molar-refractivity contribution in [3.05, 3.63) is 23.1 Å². The van der Waals surface area contributed by atoms with E-state index in [2.05, 4.69) is 0 Å². The summed E-state index contributed by atoms with van der Waals surface area (Å²) in [5.74, 6) is 1.03. The Morgan fingerprint density at radius 3 is 2.55 bits per heavy atom. The normalized spacial score (nSPS) is 13.9. The highest BCUT2D eigenvalue weighted by molar-refractivity contribution is 6.31. The molecule has 2 nitrogen and oxygen atoms in total. The molecule has 1 unspecified atom stereocenters. The van der Waals surface area contributed by atoms with Crippen molar-refractivity contribution in [1.29, 1.82) is 0 Å². The number of hydrogen-bond donors (Lipinski definition) is 1. The van der Waals surface area contributed by atoms with Gasteiger partial charge in [0.05, 0.1) is 17.3 Å². The Hall–Kier alpha value is -0.470. The summed E-state index contributed by atoms with van der Waals surface area (Å²) in [6, 6.07) is 1.61. The summed E-state index contributed by atoms with van der Waals surface area (Å²) < 4.78 is 5.13. The molecule has 3 heteroatoms. The second kappa shape index (κ2) is 3.28. The van der Waals surface area contributed by atoms with Crippen molar-refractivity contribution >= 4 is 11.6 Å². The van der Waals surface area contributed by atoms with Crippen molar-refractivity contribution in [3.63, 3.8) is 0 Å². The topological polar surface area (TPSA) is 39.2 Å². The molecule has 2 N–H and O–H groups in total. The van der Waals surface area contributed by atoms with Crippen molar-refractivity contribution < 1.29 is 4.42 Å². The number of hydrogen-bond acceptors (Lipinski definition) is 2. The van der Waals surface area contributed by atoms with E-state index in [1.54, 1.807) is 12.3 Å². The first-order valence-corrected chi connectivity index (χ1v) is 3.99. The fourth-order valence-electron chi connectivity index (χ4n) is 0.846. The highest BCUT2D eigenvalue weighted by atomic mass is 35.5. The molecule has 11 heavy (non-hydrogen) atoms. The molecule has 0 aliphatic rings. The van der Waals surface area contributed by atoms with E-state index in [1.165, 1.54) is 0 Å². The quantitative estimate of drug-likeness (QED) is 0.747. The van der Waals surface area contributed by atoms with Gasteiger partial charge in [0.2, 0.25) is 0 Å². The summed E-state index contributed by atoms with van der Waals surface area (Å²) in [6.07, 6.45) is 1.56. The third-order valence-electron chi connectivity index (χ3n) is 1.67. The zero-order chi connectivity index (χ0) is 8.43. The van der Waals surface area contributed by atoms with Crippen LogP contribution in [0.4, 0.5) is 0 Å². The predicted octanol–water partition coefficient (Wildman–Crippen LogP) is 2.59. The average molecular weight is 174 g/mol. The maximum atomic E-state index is 5.80. The Bertz CT molecular complexity index is 232. The van der Waals surface area contributed by atoms with Crippen LogP contribution in [-0.2, 0) is 0 Å². The van der Waals surface area contributed by atoms with Crippen LogP contribution < -0.4 is 5.73 Å². The molecular formula is C8H12ClNO. The Morgan fingerprint density at radius 1 is 1.55 bits per heavy atom. The second-order valence-corrected chi connectivity index (χ2v) is 3.31. The summed E-state index contributed by atoms with van der Waals surface area (Å²) in [5, 5.41) is 0.617. The van der Waals surface area contributed by atoms with Gasteiger partial charge in [-0.25, -0.2) is 0 Å². The van der Waals surface area contributed by atoms with Gasteiger partial charge < -0.3 is 10.2 Å². The number of nitrogens with two attached hydrogens (primary N) is 1. The molecule has 0 saturated carbocycles. The van der Waals surface area contributed by atoms with Crippen LogP contribution in [0.1, 0.15) is 25.6 Å². The van der Waals surface area contributed by atoms with Crippen molar-refractivity contribution in [2.24, 2.45) is 11.7 Å². The van der Waals surface area contributed by atoms with Gasteiger partial charge in [-0.1, -0.05) is 25.4 Å². The van der Waals surface area contributed by atoms with Gasteiger partial charge in [-0.05, 0) is 12.0 Å². The number of furan rings is 1. The highest BCUT2D eigenvalue weighted by Gasteiger charge is 2.16. The van der Waals surface area contributed by atoms with Crippen molar-refractivity contribution in [3.8, 4) is 0 Å². The van der Waals surface area contributed by atoms with Gasteiger partial charge >= 0.3 is 0 Å². The van der Waals surface area contributed by atoms with Gasteiger partial charge in [-0.15, -0.1) is 0 Å². The van der Waals surface area contributed by atoms with Crippen molar-refractivity contribution in [2.75, 3.05) is 0 Å². The van der Waals surface area contributed by atoms with Crippen LogP contribution in [0.2, 0.25) is 5.02 Å². The molecule has 0 amide bonds. The molecule has 0 saturated heterocycles. The van der Waals surface area contributed by atoms with Crippen LogP contribution in [0.15, 0.2) is 16.7 Å². The molecule has 0 radical (unpaired) electrons. The largest absolute Gasteiger partial charge is 0.466 e. The molecule has 0 aromatic carbocycles. The van der Waals surface area contributed by atoms with Crippen LogP contribution in [0.3, 0.4) is 0 Å². The lowest BCUT2D eigenvalue weighted by Gasteiger charge is -2.12. The average Bonchev–Trinajstić information content (AvgIpc) is 2.33. The molecular weight excluding hydrogens is 162 g/mol. The molecule has 1 aromatic rings. The van der Waals surface area contributed by atoms with E-state index in [1.807, 2.05) is 13.8 Å². The Balaban J connectivity index is 2.84. The van der Waals surface area contributed by atoms with E-state index in [4.69, 9.17) is 21.8 Å². The predicted molar refractivity (Wildman–Crippen MR) is 45.5 cm³/mol. The van der Waals surface area contributed by atoms with Crippen molar-refractivity contribution in [2.45, 2.75) is 19.9 Å². The molecule has 0 fully saturated rings. The molecule has 0 spiro atoms. The van der Waals surface area contributed by atoms with E-state index in [-0.39, 0.29) is 6.04 Å². The summed E-state index contributed by atoms with van der Waals surface area (Å²) in [4.78, 5) is 0. The zero-order valence-corrected chi connectivity index (χ0v) is 7.43. The summed E-state index contributed by atoms with van der Waals surface area (Å²) in [6.45, 7) is 4.06. The molecule has 1 heterocycles. The minimum absolute atomic E-state index is 0.0995. The zero-order valence-electron chi connectivity index (χ0n) is 6.67. The van der Waals surface area contributed by atoms with Gasteiger partial charge in [0.25, 0.3) is 0 Å². The Morgan fingerprint density at radius 2 is 2.18 bits per heavy atom. The summed E-state index contributed by atoms with van der Waals surface area (Å²) in [7, 11) is 0. The van der Waals surface area contributed by atoms with Crippen LogP contribution in [0.25, 0.3) is 0 Å². The third kappa shape index (κ3) is 1.76. The van der Waals surface area contributed by atoms with Gasteiger partial charge in [-0.2, -0.15) is 0 Å². The molecule has 0 bridgehead atoms. The van der Waals surface area contributed by atoms with Gasteiger partial charge in [0, 0.05) is 0 Å². The third-order valence-corrected chi connectivity index (χ3v) is 1.98. The molecule has 1 aromatic heterocycles. The van der Waals surface area contributed by atoms with E-state index >= 15 is 0 Å². The smallest absolute Gasteiger partial charge is 0.139 e. The molecule has 62 valence electrons. The minimum Gasteiger partial charge on any atom is -0.466 e. The molecule has 1 atom stereocenters. The lowest BCUT2D eigenvalue weighted by molar-refractivity contribution is 0.403. The van der Waals surface area contributed by atoms with E-state index in [9.17, 15) is 0 Å². The first-order chi connectivity index (χ1) is 5.13. The Kier molecular flexibility index (Phi) is 2.58. The van der Waals surface area contributed by atoms with Crippen LogP contribution in [0, 0.1) is 5.92 Å². The minimum atomic E-state index is -0.0995. The van der Waals surface area contributed by atoms with Gasteiger partial charge in [0.15, 0.2) is 0 Å². The van der Waals surface area contributed by atoms with Gasteiger partial charge in [-0.3, -0.25) is 0 Å². The van der Waals surface area contributed by atoms with Crippen LogP contribution >= 0.6 is 11.6 Å². The Labute approximate surface area is 71.3 Å². The highest BCUT2D eigenvalue weighted by Crippen LogP contribution is 2.26. The summed E-state index contributed by atoms with van der Waals surface area (Å²) >= 11 is 5.80. The second-order valence-electron chi connectivity index (χ2n) is 2.90. The fourth-order valence-corrected chi connectivity index (χ4v) is 1.07. The number of halogens is 1. The monoisotopic (exact) mass is 173 g/mol. The van der Waals surface area contributed by atoms with E-state index in [0.29, 0.717) is 16.7 Å². The first-order valence-electron chi connectivity index (χ1n) is 3.61. The molecule has 0 aliphatic heterocycles. The number of rotatable bonds is 2. The SMILES string of the molecule is CC(C)C(N)c1occc1Cl. The molecule has 0 aliphatic carbocycles. The standard InChI is InChI=1S/C8H12ClNO/c1-5(2)7(10)8-6(9)3-4-11-8/h3-5,7H,10H2,1-2H3. The lowest BCUT2D eigenvalue weighted by Crippen LogP contribution is -2.16. The summed E-state index contributed by atoms with van der Waals surface area (Å²) in [5.41, 5.74) is 5.80. The van der Waals surface area contributed by atoms with Gasteiger partial charge in [0.1, 0.15) is 5.76 Å². The maximum Gasteiger partial charge on any atom is 0.139 e. The maximum absolute atomic E-state index is 5.80. The molecule has 1 rings (SSSR count).